The van der Waals surface area contributed by atoms with E-state index in [0.717, 1.165) is 18.4 Å². The van der Waals surface area contributed by atoms with Crippen molar-refractivity contribution in [3.8, 4) is 0 Å². The maximum atomic E-state index is 11.7. The molecule has 0 radical (unpaired) electrons. The Morgan fingerprint density at radius 1 is 1.64 bits per heavy atom. The van der Waals surface area contributed by atoms with Crippen LogP contribution in [-0.2, 0) is 6.42 Å². The zero-order chi connectivity index (χ0) is 10.1. The number of rotatable bonds is 1. The van der Waals surface area contributed by atoms with Crippen LogP contribution in [0.1, 0.15) is 22.5 Å². The minimum atomic E-state index is -0.0883. The molecule has 1 aliphatic rings. The quantitative estimate of drug-likeness (QED) is 0.772. The zero-order valence-corrected chi connectivity index (χ0v) is 9.34. The van der Waals surface area contributed by atoms with Gasteiger partial charge in [-0.15, -0.1) is 0 Å². The van der Waals surface area contributed by atoms with E-state index in [0.29, 0.717) is 11.6 Å². The summed E-state index contributed by atoms with van der Waals surface area (Å²) in [5.74, 6) is 0.559. The van der Waals surface area contributed by atoms with Gasteiger partial charge in [-0.3, -0.25) is 4.79 Å². The van der Waals surface area contributed by atoms with Gasteiger partial charge < -0.3 is 5.32 Å². The Balaban J connectivity index is 2.46. The van der Waals surface area contributed by atoms with Gasteiger partial charge in [0.1, 0.15) is 5.69 Å². The summed E-state index contributed by atoms with van der Waals surface area (Å²) in [6.45, 7) is 0. The first-order valence-corrected chi connectivity index (χ1v) is 5.36. The second-order valence-electron chi connectivity index (χ2n) is 3.19. The number of carbonyl (C=O) groups is 1. The molecule has 0 spiro atoms. The van der Waals surface area contributed by atoms with Gasteiger partial charge in [-0.25, -0.2) is 9.97 Å². The highest BCUT2D eigenvalue weighted by atomic mass is 79.9. The van der Waals surface area contributed by atoms with E-state index >= 15 is 0 Å². The van der Waals surface area contributed by atoms with Gasteiger partial charge in [-0.1, -0.05) is 15.9 Å². The molecule has 2 rings (SSSR count). The number of fused-ring (bicyclic) bond motifs is 1. The number of alkyl halides is 1. The Hall–Kier alpha value is -0.970. The van der Waals surface area contributed by atoms with Crippen molar-refractivity contribution in [3.63, 3.8) is 0 Å². The Morgan fingerprint density at radius 3 is 3.14 bits per heavy atom. The van der Waals surface area contributed by atoms with Crippen molar-refractivity contribution in [3.05, 3.63) is 17.5 Å². The number of aromatic nitrogens is 2. The Kier molecular flexibility index (Phi) is 2.50. The van der Waals surface area contributed by atoms with Gasteiger partial charge in [0.15, 0.2) is 5.78 Å². The van der Waals surface area contributed by atoms with Crippen molar-refractivity contribution < 1.29 is 4.79 Å². The lowest BCUT2D eigenvalue weighted by molar-refractivity contribution is 0.0976. The van der Waals surface area contributed by atoms with Crippen LogP contribution in [0.5, 0.6) is 0 Å². The smallest absolute Gasteiger partial charge is 0.223 e. The average molecular weight is 256 g/mol. The number of carbonyl (C=O) groups excluding carboxylic acids is 1. The van der Waals surface area contributed by atoms with Crippen LogP contribution < -0.4 is 5.32 Å². The summed E-state index contributed by atoms with van der Waals surface area (Å²) in [7, 11) is 1.74. The van der Waals surface area contributed by atoms with E-state index in [-0.39, 0.29) is 10.6 Å². The number of Topliss-reactive ketones (excluding diaryl/α,β-unsaturated/α-hetero) is 1. The predicted octanol–water partition coefficient (Wildman–Crippen LogP) is 1.41. The molecule has 1 atom stereocenters. The van der Waals surface area contributed by atoms with Gasteiger partial charge in [0.2, 0.25) is 5.95 Å². The maximum absolute atomic E-state index is 11.7. The monoisotopic (exact) mass is 255 g/mol. The highest BCUT2D eigenvalue weighted by molar-refractivity contribution is 9.10. The third-order valence-corrected chi connectivity index (χ3v) is 3.15. The standard InChI is InChI=1S/C9H10BrN3O/c1-11-9-12-4-5-2-3-6(10)8(14)7(5)13-9/h4,6H,2-3H2,1H3,(H,11,12,13). The van der Waals surface area contributed by atoms with E-state index in [4.69, 9.17) is 0 Å². The van der Waals surface area contributed by atoms with Crippen molar-refractivity contribution in [2.75, 3.05) is 12.4 Å². The SMILES string of the molecule is CNc1ncc2c(n1)C(=O)C(Br)CC2. The van der Waals surface area contributed by atoms with Gasteiger partial charge >= 0.3 is 0 Å². The highest BCUT2D eigenvalue weighted by Crippen LogP contribution is 2.24. The van der Waals surface area contributed by atoms with Gasteiger partial charge in [-0.2, -0.15) is 0 Å². The topological polar surface area (TPSA) is 54.9 Å². The summed E-state index contributed by atoms with van der Waals surface area (Å²) in [6, 6.07) is 0. The minimum absolute atomic E-state index is 0.0603. The number of aryl methyl sites for hydroxylation is 1. The molecule has 1 aromatic heterocycles. The second kappa shape index (κ2) is 3.65. The van der Waals surface area contributed by atoms with Crippen LogP contribution in [0.4, 0.5) is 5.95 Å². The molecule has 5 heteroatoms. The third kappa shape index (κ3) is 1.52. The molecule has 1 unspecified atom stereocenters. The fraction of sp³-hybridized carbons (Fsp3) is 0.444. The molecule has 4 nitrogen and oxygen atoms in total. The largest absolute Gasteiger partial charge is 0.357 e. The van der Waals surface area contributed by atoms with Crippen LogP contribution >= 0.6 is 15.9 Å². The summed E-state index contributed by atoms with van der Waals surface area (Å²) >= 11 is 3.34. The van der Waals surface area contributed by atoms with E-state index in [1.54, 1.807) is 13.2 Å². The number of hydrogen-bond donors (Lipinski definition) is 1. The van der Waals surface area contributed by atoms with Crippen molar-refractivity contribution in [1.82, 2.24) is 9.97 Å². The van der Waals surface area contributed by atoms with Crippen molar-refractivity contribution >= 4 is 27.7 Å². The van der Waals surface area contributed by atoms with Crippen LogP contribution in [0.2, 0.25) is 0 Å². The van der Waals surface area contributed by atoms with Crippen LogP contribution in [0, 0.1) is 0 Å². The number of nitrogens with one attached hydrogen (secondary N) is 1. The van der Waals surface area contributed by atoms with Gasteiger partial charge in [0.05, 0.1) is 4.83 Å². The van der Waals surface area contributed by atoms with Crippen molar-refractivity contribution in [2.45, 2.75) is 17.7 Å². The first kappa shape index (κ1) is 9.58. The van der Waals surface area contributed by atoms with E-state index in [2.05, 4.69) is 31.2 Å². The lowest BCUT2D eigenvalue weighted by Crippen LogP contribution is -2.24. The summed E-state index contributed by atoms with van der Waals surface area (Å²) in [4.78, 5) is 19.9. The van der Waals surface area contributed by atoms with Gasteiger partial charge in [0, 0.05) is 18.8 Å². The number of anilines is 1. The minimum Gasteiger partial charge on any atom is -0.357 e. The summed E-state index contributed by atoms with van der Waals surface area (Å²) in [5.41, 5.74) is 1.50. The molecule has 0 aliphatic heterocycles. The number of halogens is 1. The summed E-state index contributed by atoms with van der Waals surface area (Å²) in [6.07, 6.45) is 3.42. The van der Waals surface area contributed by atoms with E-state index in [1.165, 1.54) is 0 Å². The molecular weight excluding hydrogens is 246 g/mol. The third-order valence-electron chi connectivity index (χ3n) is 2.27. The van der Waals surface area contributed by atoms with Crippen LogP contribution in [-0.4, -0.2) is 27.6 Å². The molecule has 0 bridgehead atoms. The van der Waals surface area contributed by atoms with E-state index < -0.39 is 0 Å². The molecule has 0 aromatic carbocycles. The van der Waals surface area contributed by atoms with Gasteiger partial charge in [0.25, 0.3) is 0 Å². The van der Waals surface area contributed by atoms with E-state index in [1.807, 2.05) is 0 Å². The summed E-state index contributed by atoms with van der Waals surface area (Å²) < 4.78 is 0. The molecule has 0 saturated carbocycles. The number of nitrogens with zero attached hydrogens (tertiary/aromatic N) is 2. The number of ketones is 1. The molecule has 1 aromatic rings. The zero-order valence-electron chi connectivity index (χ0n) is 7.75. The second-order valence-corrected chi connectivity index (χ2v) is 4.29. The predicted molar refractivity (Wildman–Crippen MR) is 56.9 cm³/mol. The Morgan fingerprint density at radius 2 is 2.43 bits per heavy atom. The normalized spacial score (nSPS) is 20.4. The molecule has 14 heavy (non-hydrogen) atoms. The molecule has 1 heterocycles. The molecule has 1 aliphatic carbocycles. The Bertz CT molecular complexity index is 380. The molecule has 0 fully saturated rings. The van der Waals surface area contributed by atoms with Crippen LogP contribution in [0.15, 0.2) is 6.20 Å². The Labute approximate surface area is 90.3 Å². The lowest BCUT2D eigenvalue weighted by atomic mass is 9.96. The molecule has 74 valence electrons. The lowest BCUT2D eigenvalue weighted by Gasteiger charge is -2.17. The first-order valence-electron chi connectivity index (χ1n) is 4.44. The molecule has 0 saturated heterocycles. The van der Waals surface area contributed by atoms with Gasteiger partial charge in [-0.05, 0) is 12.8 Å². The molecular formula is C9H10BrN3O. The van der Waals surface area contributed by atoms with Crippen LogP contribution in [0.3, 0.4) is 0 Å². The number of hydrogen-bond acceptors (Lipinski definition) is 4. The van der Waals surface area contributed by atoms with E-state index in [9.17, 15) is 4.79 Å². The maximum Gasteiger partial charge on any atom is 0.223 e. The first-order chi connectivity index (χ1) is 6.72. The molecule has 1 N–H and O–H groups in total. The summed E-state index contributed by atoms with van der Waals surface area (Å²) in [5, 5.41) is 2.82. The van der Waals surface area contributed by atoms with Crippen molar-refractivity contribution in [2.24, 2.45) is 0 Å². The van der Waals surface area contributed by atoms with Crippen molar-refractivity contribution in [1.29, 1.82) is 0 Å². The molecule has 0 amide bonds. The van der Waals surface area contributed by atoms with Crippen LogP contribution in [0.25, 0.3) is 0 Å². The fourth-order valence-corrected chi connectivity index (χ4v) is 1.93. The highest BCUT2D eigenvalue weighted by Gasteiger charge is 2.27. The fourth-order valence-electron chi connectivity index (χ4n) is 1.49. The average Bonchev–Trinajstić information content (AvgIpc) is 2.23.